The molecule has 1 aliphatic heterocycles. The predicted octanol–water partition coefficient (Wildman–Crippen LogP) is 2.75. The van der Waals surface area contributed by atoms with Crippen LogP contribution in [0.1, 0.15) is 32.6 Å². The number of nitrogens with one attached hydrogen (secondary N) is 1. The van der Waals surface area contributed by atoms with Crippen LogP contribution in [-0.4, -0.2) is 61.8 Å². The van der Waals surface area contributed by atoms with Gasteiger partial charge >= 0.3 is 0 Å². The van der Waals surface area contributed by atoms with Gasteiger partial charge in [-0.3, -0.25) is 9.69 Å². The molecule has 1 aliphatic carbocycles. The van der Waals surface area contributed by atoms with E-state index in [-0.39, 0.29) is 32.9 Å². The Morgan fingerprint density at radius 1 is 1.11 bits per heavy atom. The monoisotopic (exact) mass is 433 g/mol. The zero-order valence-electron chi connectivity index (χ0n) is 15.3. The average Bonchev–Trinajstić information content (AvgIpc) is 3.14. The fourth-order valence-corrected chi connectivity index (χ4v) is 6.26. The molecule has 2 fully saturated rings. The van der Waals surface area contributed by atoms with E-state index in [0.29, 0.717) is 26.2 Å². The minimum atomic E-state index is -3.77. The second-order valence-electron chi connectivity index (χ2n) is 7.16. The zero-order chi connectivity index (χ0) is 19.6. The number of hydrogen-bond acceptors (Lipinski definition) is 4. The maximum absolute atomic E-state index is 12.9. The minimum Gasteiger partial charge on any atom is -0.352 e. The van der Waals surface area contributed by atoms with Crippen molar-refractivity contribution in [1.29, 1.82) is 0 Å². The van der Waals surface area contributed by atoms with E-state index in [1.165, 1.54) is 29.3 Å². The minimum absolute atomic E-state index is 0.0207. The van der Waals surface area contributed by atoms with Gasteiger partial charge in [0.15, 0.2) is 0 Å². The van der Waals surface area contributed by atoms with Crippen LogP contribution in [0, 0.1) is 0 Å². The molecular formula is C18H25Cl2N3O3S. The predicted molar refractivity (Wildman–Crippen MR) is 107 cm³/mol. The number of carbonyl (C=O) groups is 1. The summed E-state index contributed by atoms with van der Waals surface area (Å²) in [5, 5.41) is 3.35. The summed E-state index contributed by atoms with van der Waals surface area (Å²) in [6.07, 6.45) is 4.42. The summed E-state index contributed by atoms with van der Waals surface area (Å²) in [7, 11) is -3.77. The van der Waals surface area contributed by atoms with Crippen molar-refractivity contribution in [3.05, 3.63) is 28.2 Å². The molecule has 150 valence electrons. The lowest BCUT2D eigenvalue weighted by Gasteiger charge is -2.37. The Labute approximate surface area is 170 Å². The number of sulfonamides is 1. The molecular weight excluding hydrogens is 409 g/mol. The summed E-state index contributed by atoms with van der Waals surface area (Å²) in [6, 6.07) is 4.66. The first-order chi connectivity index (χ1) is 12.8. The molecule has 0 bridgehead atoms. The van der Waals surface area contributed by atoms with Gasteiger partial charge < -0.3 is 5.32 Å². The van der Waals surface area contributed by atoms with Crippen molar-refractivity contribution >= 4 is 39.1 Å². The number of nitrogens with zero attached hydrogens (tertiary/aromatic N) is 2. The van der Waals surface area contributed by atoms with Gasteiger partial charge in [0.25, 0.3) is 0 Å². The molecule has 0 aromatic heterocycles. The molecule has 1 heterocycles. The molecule has 1 saturated heterocycles. The van der Waals surface area contributed by atoms with Crippen molar-refractivity contribution in [3.63, 3.8) is 0 Å². The van der Waals surface area contributed by atoms with Crippen molar-refractivity contribution < 1.29 is 13.2 Å². The summed E-state index contributed by atoms with van der Waals surface area (Å²) >= 11 is 12.2. The van der Waals surface area contributed by atoms with E-state index in [1.807, 2.05) is 11.8 Å². The highest BCUT2D eigenvalue weighted by Gasteiger charge is 2.34. The fraction of sp³-hybridized carbons (Fsp3) is 0.611. The first kappa shape index (κ1) is 20.9. The van der Waals surface area contributed by atoms with Gasteiger partial charge in [-0.1, -0.05) is 42.1 Å². The average molecular weight is 434 g/mol. The number of halogens is 2. The normalized spacial score (nSPS) is 21.3. The largest absolute Gasteiger partial charge is 0.352 e. The number of hydrogen-bond donors (Lipinski definition) is 1. The van der Waals surface area contributed by atoms with Crippen molar-refractivity contribution in [3.8, 4) is 0 Å². The summed E-state index contributed by atoms with van der Waals surface area (Å²) < 4.78 is 27.2. The Bertz CT molecular complexity index is 769. The Kier molecular flexibility index (Phi) is 6.69. The van der Waals surface area contributed by atoms with E-state index < -0.39 is 10.0 Å². The SMILES string of the molecule is CC(C(=O)NC1CCCC1)N1CCN(S(=O)(=O)c2c(Cl)cccc2Cl)CC1. The van der Waals surface area contributed by atoms with Crippen LogP contribution in [0.5, 0.6) is 0 Å². The van der Waals surface area contributed by atoms with Crippen molar-refractivity contribution in [2.75, 3.05) is 26.2 Å². The molecule has 3 rings (SSSR count). The molecule has 1 amide bonds. The maximum Gasteiger partial charge on any atom is 0.246 e. The van der Waals surface area contributed by atoms with Crippen LogP contribution in [0.3, 0.4) is 0 Å². The Morgan fingerprint density at radius 3 is 2.22 bits per heavy atom. The quantitative estimate of drug-likeness (QED) is 0.774. The van der Waals surface area contributed by atoms with Crippen LogP contribution in [-0.2, 0) is 14.8 Å². The Hall–Kier alpha value is -0.860. The smallest absolute Gasteiger partial charge is 0.246 e. The van der Waals surface area contributed by atoms with Crippen molar-refractivity contribution in [2.45, 2.75) is 49.6 Å². The second kappa shape index (κ2) is 8.66. The molecule has 27 heavy (non-hydrogen) atoms. The third kappa shape index (κ3) is 4.59. The van der Waals surface area contributed by atoms with E-state index in [4.69, 9.17) is 23.2 Å². The van der Waals surface area contributed by atoms with E-state index in [0.717, 1.165) is 12.8 Å². The van der Waals surface area contributed by atoms with Crippen LogP contribution in [0.4, 0.5) is 0 Å². The summed E-state index contributed by atoms with van der Waals surface area (Å²) in [5.74, 6) is 0.0207. The lowest BCUT2D eigenvalue weighted by molar-refractivity contribution is -0.127. The molecule has 6 nitrogen and oxygen atoms in total. The highest BCUT2D eigenvalue weighted by molar-refractivity contribution is 7.89. The van der Waals surface area contributed by atoms with Gasteiger partial charge in [0.2, 0.25) is 15.9 Å². The summed E-state index contributed by atoms with van der Waals surface area (Å²) in [4.78, 5) is 14.4. The second-order valence-corrected chi connectivity index (χ2v) is 9.85. The number of piperazine rings is 1. The molecule has 1 aromatic rings. The molecule has 9 heteroatoms. The zero-order valence-corrected chi connectivity index (χ0v) is 17.7. The van der Waals surface area contributed by atoms with Gasteiger partial charge in [0, 0.05) is 32.2 Å². The topological polar surface area (TPSA) is 69.7 Å². The van der Waals surface area contributed by atoms with Crippen LogP contribution >= 0.6 is 23.2 Å². The van der Waals surface area contributed by atoms with Crippen LogP contribution < -0.4 is 5.32 Å². The molecule has 1 saturated carbocycles. The highest BCUT2D eigenvalue weighted by atomic mass is 35.5. The van der Waals surface area contributed by atoms with Gasteiger partial charge in [0.1, 0.15) is 4.90 Å². The lowest BCUT2D eigenvalue weighted by atomic mass is 10.2. The van der Waals surface area contributed by atoms with Crippen LogP contribution in [0.25, 0.3) is 0 Å². The molecule has 2 aliphatic rings. The maximum atomic E-state index is 12.9. The van der Waals surface area contributed by atoms with E-state index >= 15 is 0 Å². The van der Waals surface area contributed by atoms with Crippen LogP contribution in [0.15, 0.2) is 23.1 Å². The summed E-state index contributed by atoms with van der Waals surface area (Å²) in [5.41, 5.74) is 0. The van der Waals surface area contributed by atoms with Crippen LogP contribution in [0.2, 0.25) is 10.0 Å². The highest BCUT2D eigenvalue weighted by Crippen LogP contribution is 2.32. The third-order valence-corrected chi connectivity index (χ3v) is 8.27. The molecule has 1 unspecified atom stereocenters. The summed E-state index contributed by atoms with van der Waals surface area (Å²) in [6.45, 7) is 3.44. The first-order valence-corrected chi connectivity index (χ1v) is 11.5. The fourth-order valence-electron chi connectivity index (χ4n) is 3.75. The Morgan fingerprint density at radius 2 is 1.67 bits per heavy atom. The lowest BCUT2D eigenvalue weighted by Crippen LogP contribution is -2.55. The third-order valence-electron chi connectivity index (χ3n) is 5.42. The molecule has 1 aromatic carbocycles. The van der Waals surface area contributed by atoms with E-state index in [2.05, 4.69) is 5.32 Å². The molecule has 0 radical (unpaired) electrons. The number of carbonyl (C=O) groups excluding carboxylic acids is 1. The van der Waals surface area contributed by atoms with Crippen molar-refractivity contribution in [1.82, 2.24) is 14.5 Å². The van der Waals surface area contributed by atoms with E-state index in [1.54, 1.807) is 6.07 Å². The Balaban J connectivity index is 1.62. The van der Waals surface area contributed by atoms with Gasteiger partial charge in [-0.2, -0.15) is 4.31 Å². The van der Waals surface area contributed by atoms with Gasteiger partial charge in [-0.15, -0.1) is 0 Å². The standard InChI is InChI=1S/C18H25Cl2N3O3S/c1-13(18(24)21-14-5-2-3-6-14)22-9-11-23(12-10-22)27(25,26)17-15(19)7-4-8-16(17)20/h4,7-8,13-14H,2-3,5-6,9-12H2,1H3,(H,21,24). The first-order valence-electron chi connectivity index (χ1n) is 9.29. The number of rotatable bonds is 5. The molecule has 0 spiro atoms. The molecule has 1 N–H and O–H groups in total. The van der Waals surface area contributed by atoms with Gasteiger partial charge in [0.05, 0.1) is 16.1 Å². The van der Waals surface area contributed by atoms with Crippen molar-refractivity contribution in [2.24, 2.45) is 0 Å². The van der Waals surface area contributed by atoms with E-state index in [9.17, 15) is 13.2 Å². The van der Waals surface area contributed by atoms with Gasteiger partial charge in [-0.25, -0.2) is 8.42 Å². The number of benzene rings is 1. The number of amides is 1. The molecule has 1 atom stereocenters. The van der Waals surface area contributed by atoms with Gasteiger partial charge in [-0.05, 0) is 31.9 Å².